The molecular weight excluding hydrogens is 274 g/mol. The molecule has 1 unspecified atom stereocenters. The molecule has 0 spiro atoms. The molecular formula is C14H23N3O2S. The highest BCUT2D eigenvalue weighted by molar-refractivity contribution is 7.89. The highest BCUT2D eigenvalue weighted by Gasteiger charge is 2.31. The van der Waals surface area contributed by atoms with E-state index in [0.29, 0.717) is 24.0 Å². The number of anilines is 1. The number of nitrogens with one attached hydrogen (secondary N) is 1. The third-order valence-electron chi connectivity index (χ3n) is 3.99. The van der Waals surface area contributed by atoms with Gasteiger partial charge in [-0.25, -0.2) is 8.42 Å². The highest BCUT2D eigenvalue weighted by Crippen LogP contribution is 2.21. The van der Waals surface area contributed by atoms with Crippen molar-refractivity contribution in [2.75, 3.05) is 39.0 Å². The number of likely N-dealkylation sites (N-methyl/N-ethyl adjacent to an activating group) is 1. The maximum absolute atomic E-state index is 12.6. The van der Waals surface area contributed by atoms with Crippen molar-refractivity contribution < 1.29 is 8.42 Å². The lowest BCUT2D eigenvalue weighted by atomic mass is 10.1. The molecule has 2 rings (SSSR count). The fourth-order valence-corrected chi connectivity index (χ4v) is 3.99. The Labute approximate surface area is 121 Å². The summed E-state index contributed by atoms with van der Waals surface area (Å²) >= 11 is 0. The minimum Gasteiger partial charge on any atom is -0.388 e. The number of rotatable bonds is 4. The Bertz CT molecular complexity index is 542. The molecule has 0 aromatic heterocycles. The predicted molar refractivity (Wildman–Crippen MR) is 81.5 cm³/mol. The van der Waals surface area contributed by atoms with Gasteiger partial charge in [-0.3, -0.25) is 0 Å². The first-order chi connectivity index (χ1) is 9.48. The molecule has 1 fully saturated rings. The van der Waals surface area contributed by atoms with Crippen molar-refractivity contribution >= 4 is 15.7 Å². The lowest BCUT2D eigenvalue weighted by molar-refractivity contribution is 0.144. The van der Waals surface area contributed by atoms with Gasteiger partial charge in [0.05, 0.1) is 4.90 Å². The van der Waals surface area contributed by atoms with E-state index in [9.17, 15) is 8.42 Å². The van der Waals surface area contributed by atoms with Gasteiger partial charge < -0.3 is 10.2 Å². The first-order valence-electron chi connectivity index (χ1n) is 6.97. The van der Waals surface area contributed by atoms with Gasteiger partial charge in [0.2, 0.25) is 10.0 Å². The molecule has 5 nitrogen and oxygen atoms in total. The van der Waals surface area contributed by atoms with Gasteiger partial charge in [0.1, 0.15) is 0 Å². The number of sulfonamides is 1. The van der Waals surface area contributed by atoms with Gasteiger partial charge in [-0.1, -0.05) is 6.92 Å². The molecule has 0 amide bonds. The Balaban J connectivity index is 2.21. The summed E-state index contributed by atoms with van der Waals surface area (Å²) in [5.74, 6) is 0. The monoisotopic (exact) mass is 297 g/mol. The molecule has 0 radical (unpaired) electrons. The SMILES string of the molecule is CCC1CN(S(=O)(=O)c2ccc(NC)cc2)CCN1C. The van der Waals surface area contributed by atoms with Crippen LogP contribution in [0, 0.1) is 0 Å². The summed E-state index contributed by atoms with van der Waals surface area (Å²) < 4.78 is 26.9. The first kappa shape index (κ1) is 15.3. The van der Waals surface area contributed by atoms with Crippen molar-refractivity contribution in [3.05, 3.63) is 24.3 Å². The van der Waals surface area contributed by atoms with E-state index < -0.39 is 10.0 Å². The molecule has 20 heavy (non-hydrogen) atoms. The molecule has 1 aromatic carbocycles. The normalized spacial score (nSPS) is 21.9. The Morgan fingerprint density at radius 3 is 2.45 bits per heavy atom. The molecule has 1 N–H and O–H groups in total. The summed E-state index contributed by atoms with van der Waals surface area (Å²) in [6.07, 6.45) is 0.960. The number of nitrogens with zero attached hydrogens (tertiary/aromatic N) is 2. The predicted octanol–water partition coefficient (Wildman–Crippen LogP) is 1.44. The molecule has 0 aliphatic carbocycles. The van der Waals surface area contributed by atoms with E-state index in [2.05, 4.69) is 24.2 Å². The summed E-state index contributed by atoms with van der Waals surface area (Å²) in [7, 11) is 0.496. The summed E-state index contributed by atoms with van der Waals surface area (Å²) in [6.45, 7) is 4.01. The van der Waals surface area contributed by atoms with Crippen LogP contribution in [0.5, 0.6) is 0 Å². The van der Waals surface area contributed by atoms with Crippen molar-refractivity contribution in [2.24, 2.45) is 0 Å². The maximum Gasteiger partial charge on any atom is 0.243 e. The third kappa shape index (κ3) is 2.97. The van der Waals surface area contributed by atoms with E-state index in [1.54, 1.807) is 28.6 Å². The smallest absolute Gasteiger partial charge is 0.243 e. The Morgan fingerprint density at radius 1 is 1.25 bits per heavy atom. The molecule has 1 aromatic rings. The Morgan fingerprint density at radius 2 is 1.90 bits per heavy atom. The van der Waals surface area contributed by atoms with Gasteiger partial charge in [-0.2, -0.15) is 4.31 Å². The molecule has 6 heteroatoms. The van der Waals surface area contributed by atoms with Gasteiger partial charge in [-0.05, 0) is 37.7 Å². The number of benzene rings is 1. The average molecular weight is 297 g/mol. The van der Waals surface area contributed by atoms with E-state index in [1.807, 2.05) is 7.05 Å². The van der Waals surface area contributed by atoms with E-state index in [-0.39, 0.29) is 0 Å². The average Bonchev–Trinajstić information content (AvgIpc) is 2.47. The molecule has 0 saturated carbocycles. The topological polar surface area (TPSA) is 52.7 Å². The van der Waals surface area contributed by atoms with Crippen LogP contribution in [0.1, 0.15) is 13.3 Å². The molecule has 1 heterocycles. The molecule has 1 atom stereocenters. The Hall–Kier alpha value is -1.11. The molecule has 1 aliphatic heterocycles. The fraction of sp³-hybridized carbons (Fsp3) is 0.571. The van der Waals surface area contributed by atoms with Gasteiger partial charge in [0, 0.05) is 38.4 Å². The second kappa shape index (κ2) is 6.11. The van der Waals surface area contributed by atoms with Crippen molar-refractivity contribution in [3.63, 3.8) is 0 Å². The van der Waals surface area contributed by atoms with Crippen molar-refractivity contribution in [1.29, 1.82) is 0 Å². The number of piperazine rings is 1. The van der Waals surface area contributed by atoms with Crippen molar-refractivity contribution in [2.45, 2.75) is 24.3 Å². The zero-order valence-electron chi connectivity index (χ0n) is 12.3. The largest absolute Gasteiger partial charge is 0.388 e. The second-order valence-electron chi connectivity index (χ2n) is 5.18. The zero-order valence-corrected chi connectivity index (χ0v) is 13.2. The zero-order chi connectivity index (χ0) is 14.8. The second-order valence-corrected chi connectivity index (χ2v) is 7.12. The lowest BCUT2D eigenvalue weighted by Gasteiger charge is -2.38. The van der Waals surface area contributed by atoms with Crippen LogP contribution < -0.4 is 5.32 Å². The van der Waals surface area contributed by atoms with Crippen LogP contribution in [-0.4, -0.2) is 57.4 Å². The maximum atomic E-state index is 12.6. The van der Waals surface area contributed by atoms with Crippen molar-refractivity contribution in [3.8, 4) is 0 Å². The van der Waals surface area contributed by atoms with E-state index in [1.165, 1.54) is 0 Å². The first-order valence-corrected chi connectivity index (χ1v) is 8.41. The van der Waals surface area contributed by atoms with E-state index >= 15 is 0 Å². The quantitative estimate of drug-likeness (QED) is 0.914. The van der Waals surface area contributed by atoms with Crippen LogP contribution in [0.4, 0.5) is 5.69 Å². The lowest BCUT2D eigenvalue weighted by Crippen LogP contribution is -2.52. The van der Waals surface area contributed by atoms with Crippen LogP contribution in [0.3, 0.4) is 0 Å². The Kier molecular flexibility index (Phi) is 4.67. The van der Waals surface area contributed by atoms with Crippen LogP contribution in [0.2, 0.25) is 0 Å². The van der Waals surface area contributed by atoms with Gasteiger partial charge in [-0.15, -0.1) is 0 Å². The van der Waals surface area contributed by atoms with Crippen LogP contribution in [0.15, 0.2) is 29.2 Å². The fourth-order valence-electron chi connectivity index (χ4n) is 2.52. The van der Waals surface area contributed by atoms with E-state index in [0.717, 1.165) is 18.7 Å². The van der Waals surface area contributed by atoms with Crippen LogP contribution in [0.25, 0.3) is 0 Å². The number of hydrogen-bond donors (Lipinski definition) is 1. The molecule has 1 saturated heterocycles. The summed E-state index contributed by atoms with van der Waals surface area (Å²) in [6, 6.07) is 7.22. The molecule has 0 bridgehead atoms. The third-order valence-corrected chi connectivity index (χ3v) is 5.87. The molecule has 112 valence electrons. The van der Waals surface area contributed by atoms with Crippen molar-refractivity contribution in [1.82, 2.24) is 9.21 Å². The highest BCUT2D eigenvalue weighted by atomic mass is 32.2. The van der Waals surface area contributed by atoms with E-state index in [4.69, 9.17) is 0 Å². The molecule has 1 aliphatic rings. The number of hydrogen-bond acceptors (Lipinski definition) is 4. The van der Waals surface area contributed by atoms with Gasteiger partial charge in [0.15, 0.2) is 0 Å². The van der Waals surface area contributed by atoms with Gasteiger partial charge >= 0.3 is 0 Å². The van der Waals surface area contributed by atoms with Crippen LogP contribution in [-0.2, 0) is 10.0 Å². The minimum absolute atomic E-state index is 0.301. The minimum atomic E-state index is -3.37. The summed E-state index contributed by atoms with van der Waals surface area (Å²) in [5.41, 5.74) is 0.911. The summed E-state index contributed by atoms with van der Waals surface area (Å²) in [5, 5.41) is 2.99. The summed E-state index contributed by atoms with van der Waals surface area (Å²) in [4.78, 5) is 2.60. The van der Waals surface area contributed by atoms with Crippen LogP contribution >= 0.6 is 0 Å². The van der Waals surface area contributed by atoms with Gasteiger partial charge in [0.25, 0.3) is 0 Å². The standard InChI is InChI=1S/C14H23N3O2S/c1-4-13-11-17(10-9-16(13)3)20(18,19)14-7-5-12(15-2)6-8-14/h5-8,13,15H,4,9-11H2,1-3H3.